The Morgan fingerprint density at radius 1 is 1.70 bits per heavy atom. The Labute approximate surface area is 67.3 Å². The molecule has 10 heavy (non-hydrogen) atoms. The summed E-state index contributed by atoms with van der Waals surface area (Å²) in [5, 5.41) is 0. The van der Waals surface area contributed by atoms with Crippen molar-refractivity contribution < 1.29 is 4.18 Å². The zero-order valence-corrected chi connectivity index (χ0v) is 7.49. The summed E-state index contributed by atoms with van der Waals surface area (Å²) in [5.74, 6) is 0. The Balaban J connectivity index is 2.27. The minimum absolute atomic E-state index is 0.755. The second-order valence-corrected chi connectivity index (χ2v) is 3.54. The molecule has 0 saturated carbocycles. The van der Waals surface area contributed by atoms with E-state index in [4.69, 9.17) is 4.18 Å². The highest BCUT2D eigenvalue weighted by molar-refractivity contribution is 7.92. The molecule has 1 aliphatic heterocycles. The molecule has 0 unspecified atom stereocenters. The molecule has 0 spiro atoms. The summed E-state index contributed by atoms with van der Waals surface area (Å²) in [5.41, 5.74) is 0. The Morgan fingerprint density at radius 3 is 3.10 bits per heavy atom. The standard InChI is InChI=1S/C7H15NOS/c1-3-7-5-4-6-8(7)10-9-2/h7H,3-6H2,1-2H3/t7-/m0/s1. The van der Waals surface area contributed by atoms with E-state index in [-0.39, 0.29) is 0 Å². The minimum Gasteiger partial charge on any atom is -0.304 e. The van der Waals surface area contributed by atoms with Gasteiger partial charge in [-0.05, 0) is 19.3 Å². The summed E-state index contributed by atoms with van der Waals surface area (Å²) in [6.07, 6.45) is 3.91. The van der Waals surface area contributed by atoms with Crippen LogP contribution in [0.3, 0.4) is 0 Å². The summed E-state index contributed by atoms with van der Waals surface area (Å²) in [6, 6.07) is 0.755. The van der Waals surface area contributed by atoms with Crippen molar-refractivity contribution in [2.75, 3.05) is 13.7 Å². The van der Waals surface area contributed by atoms with Gasteiger partial charge in [-0.3, -0.25) is 0 Å². The van der Waals surface area contributed by atoms with Crippen LogP contribution in [0.15, 0.2) is 0 Å². The van der Waals surface area contributed by atoms with Crippen molar-refractivity contribution in [2.45, 2.75) is 32.2 Å². The van der Waals surface area contributed by atoms with Crippen LogP contribution in [0.1, 0.15) is 26.2 Å². The fraction of sp³-hybridized carbons (Fsp3) is 1.00. The van der Waals surface area contributed by atoms with Gasteiger partial charge in [0.05, 0.1) is 19.3 Å². The minimum atomic E-state index is 0.755. The van der Waals surface area contributed by atoms with Crippen molar-refractivity contribution in [1.29, 1.82) is 0 Å². The Bertz CT molecular complexity index is 99.6. The first-order chi connectivity index (χ1) is 4.88. The maximum Gasteiger partial charge on any atom is 0.0818 e. The first-order valence-electron chi connectivity index (χ1n) is 3.86. The van der Waals surface area contributed by atoms with Crippen LogP contribution in [0.25, 0.3) is 0 Å². The third-order valence-corrected chi connectivity index (χ3v) is 2.79. The Hall–Kier alpha value is 0.270. The molecule has 1 heterocycles. The smallest absolute Gasteiger partial charge is 0.0818 e. The lowest BCUT2D eigenvalue weighted by Gasteiger charge is -2.19. The van der Waals surface area contributed by atoms with Gasteiger partial charge < -0.3 is 4.18 Å². The molecule has 1 aliphatic rings. The average Bonchev–Trinajstić information content (AvgIpc) is 2.36. The van der Waals surface area contributed by atoms with Crippen LogP contribution in [-0.2, 0) is 4.18 Å². The van der Waals surface area contributed by atoms with E-state index in [9.17, 15) is 0 Å². The third kappa shape index (κ3) is 1.87. The Morgan fingerprint density at radius 2 is 2.50 bits per heavy atom. The highest BCUT2D eigenvalue weighted by Gasteiger charge is 2.23. The van der Waals surface area contributed by atoms with Gasteiger partial charge in [-0.2, -0.15) is 0 Å². The molecule has 0 aromatic rings. The zero-order valence-electron chi connectivity index (χ0n) is 6.67. The molecule has 0 N–H and O–H groups in total. The summed E-state index contributed by atoms with van der Waals surface area (Å²) < 4.78 is 7.33. The van der Waals surface area contributed by atoms with Crippen molar-refractivity contribution in [3.63, 3.8) is 0 Å². The van der Waals surface area contributed by atoms with E-state index in [1.54, 1.807) is 7.11 Å². The van der Waals surface area contributed by atoms with E-state index in [1.807, 2.05) is 0 Å². The molecule has 0 aromatic heterocycles. The maximum absolute atomic E-state index is 5.00. The molecular weight excluding hydrogens is 146 g/mol. The van der Waals surface area contributed by atoms with Crippen LogP contribution >= 0.6 is 12.2 Å². The average molecular weight is 161 g/mol. The Kier molecular flexibility index (Phi) is 3.52. The fourth-order valence-corrected chi connectivity index (χ4v) is 2.18. The van der Waals surface area contributed by atoms with Crippen LogP contribution < -0.4 is 0 Å². The van der Waals surface area contributed by atoms with Crippen molar-refractivity contribution in [1.82, 2.24) is 4.31 Å². The topological polar surface area (TPSA) is 12.5 Å². The number of rotatable bonds is 3. The molecule has 0 aliphatic carbocycles. The molecule has 0 bridgehead atoms. The lowest BCUT2D eigenvalue weighted by atomic mass is 10.2. The molecule has 1 saturated heterocycles. The van der Waals surface area contributed by atoms with Crippen molar-refractivity contribution >= 4 is 12.2 Å². The number of nitrogens with zero attached hydrogens (tertiary/aromatic N) is 1. The van der Waals surface area contributed by atoms with Crippen molar-refractivity contribution in [2.24, 2.45) is 0 Å². The SMILES string of the molecule is CC[C@H]1CCCN1SOC. The van der Waals surface area contributed by atoms with Crippen molar-refractivity contribution in [3.8, 4) is 0 Å². The molecule has 3 heteroatoms. The van der Waals surface area contributed by atoms with Crippen molar-refractivity contribution in [3.05, 3.63) is 0 Å². The quantitative estimate of drug-likeness (QED) is 0.464. The van der Waals surface area contributed by atoms with E-state index in [2.05, 4.69) is 11.2 Å². The highest BCUT2D eigenvalue weighted by atomic mass is 32.2. The second kappa shape index (κ2) is 4.21. The first-order valence-corrected chi connectivity index (χ1v) is 4.55. The molecule has 0 aromatic carbocycles. The molecule has 1 rings (SSSR count). The largest absolute Gasteiger partial charge is 0.304 e. The molecule has 0 radical (unpaired) electrons. The number of hydrogen-bond acceptors (Lipinski definition) is 3. The van der Waals surface area contributed by atoms with Gasteiger partial charge in [-0.25, -0.2) is 4.31 Å². The van der Waals surface area contributed by atoms with Gasteiger partial charge in [0.15, 0.2) is 0 Å². The maximum atomic E-state index is 5.00. The summed E-state index contributed by atoms with van der Waals surface area (Å²) in [6.45, 7) is 3.43. The van der Waals surface area contributed by atoms with Gasteiger partial charge in [0.25, 0.3) is 0 Å². The molecular formula is C7H15NOS. The number of hydrogen-bond donors (Lipinski definition) is 0. The predicted octanol–water partition coefficient (Wildman–Crippen LogP) is 2.07. The molecule has 60 valence electrons. The summed E-state index contributed by atoms with van der Waals surface area (Å²) in [7, 11) is 1.73. The normalized spacial score (nSPS) is 27.6. The van der Waals surface area contributed by atoms with Gasteiger partial charge in [-0.15, -0.1) is 0 Å². The van der Waals surface area contributed by atoms with Gasteiger partial charge in [-0.1, -0.05) is 6.92 Å². The van der Waals surface area contributed by atoms with Gasteiger partial charge >= 0.3 is 0 Å². The second-order valence-electron chi connectivity index (χ2n) is 2.59. The first kappa shape index (κ1) is 8.37. The van der Waals surface area contributed by atoms with Gasteiger partial charge in [0.2, 0.25) is 0 Å². The summed E-state index contributed by atoms with van der Waals surface area (Å²) in [4.78, 5) is 0. The van der Waals surface area contributed by atoms with Crippen LogP contribution in [0.5, 0.6) is 0 Å². The molecule has 2 nitrogen and oxygen atoms in total. The lowest BCUT2D eigenvalue weighted by molar-refractivity contribution is 0.374. The third-order valence-electron chi connectivity index (χ3n) is 1.96. The summed E-state index contributed by atoms with van der Waals surface area (Å²) >= 11 is 1.50. The fourth-order valence-electron chi connectivity index (χ4n) is 1.41. The van der Waals surface area contributed by atoms with Crippen LogP contribution in [-0.4, -0.2) is 24.0 Å². The van der Waals surface area contributed by atoms with E-state index >= 15 is 0 Å². The predicted molar refractivity (Wildman–Crippen MR) is 44.6 cm³/mol. The lowest BCUT2D eigenvalue weighted by Crippen LogP contribution is -2.21. The molecule has 1 atom stereocenters. The van der Waals surface area contributed by atoms with E-state index < -0.39 is 0 Å². The van der Waals surface area contributed by atoms with E-state index in [0.29, 0.717) is 0 Å². The van der Waals surface area contributed by atoms with E-state index in [0.717, 1.165) is 6.04 Å². The molecule has 0 amide bonds. The van der Waals surface area contributed by atoms with Crippen LogP contribution in [0.4, 0.5) is 0 Å². The molecule has 1 fully saturated rings. The van der Waals surface area contributed by atoms with Crippen LogP contribution in [0, 0.1) is 0 Å². The highest BCUT2D eigenvalue weighted by Crippen LogP contribution is 2.26. The van der Waals surface area contributed by atoms with E-state index in [1.165, 1.54) is 38.0 Å². The zero-order chi connectivity index (χ0) is 7.40. The van der Waals surface area contributed by atoms with Gasteiger partial charge in [0, 0.05) is 12.6 Å². The van der Waals surface area contributed by atoms with Crippen LogP contribution in [0.2, 0.25) is 0 Å². The van der Waals surface area contributed by atoms with Gasteiger partial charge in [0.1, 0.15) is 0 Å². The monoisotopic (exact) mass is 161 g/mol.